The van der Waals surface area contributed by atoms with Gasteiger partial charge in [-0.15, -0.1) is 0 Å². The van der Waals surface area contributed by atoms with Gasteiger partial charge in [-0.2, -0.15) is 5.26 Å². The Morgan fingerprint density at radius 1 is 1.33 bits per heavy atom. The molecule has 27 heavy (non-hydrogen) atoms. The molecule has 2 N–H and O–H groups in total. The van der Waals surface area contributed by atoms with Crippen molar-refractivity contribution in [2.45, 2.75) is 6.92 Å². The third-order valence-corrected chi connectivity index (χ3v) is 3.97. The molecule has 1 amide bonds. The van der Waals surface area contributed by atoms with E-state index in [1.54, 1.807) is 24.3 Å². The number of methoxy groups -OCH3 is 1. The number of nitro benzene ring substituents is 1. The number of rotatable bonds is 6. The molecule has 0 aliphatic heterocycles. The van der Waals surface area contributed by atoms with Crippen LogP contribution < -0.4 is 15.4 Å². The van der Waals surface area contributed by atoms with Crippen molar-refractivity contribution in [2.75, 3.05) is 17.7 Å². The van der Waals surface area contributed by atoms with Crippen molar-refractivity contribution in [1.82, 2.24) is 0 Å². The Bertz CT molecular complexity index is 966. The lowest BCUT2D eigenvalue weighted by molar-refractivity contribution is -0.384. The number of hydrogen-bond acceptors (Lipinski definition) is 6. The molecule has 0 radical (unpaired) electrons. The molecular formula is C18H15ClN4O4. The molecule has 138 valence electrons. The number of carbonyl (C=O) groups is 1. The highest BCUT2D eigenvalue weighted by Crippen LogP contribution is 2.29. The van der Waals surface area contributed by atoms with Gasteiger partial charge >= 0.3 is 0 Å². The predicted molar refractivity (Wildman–Crippen MR) is 102 cm³/mol. The number of nitrogens with one attached hydrogen (secondary N) is 2. The van der Waals surface area contributed by atoms with Gasteiger partial charge in [0.25, 0.3) is 11.6 Å². The predicted octanol–water partition coefficient (Wildman–Crippen LogP) is 4.02. The highest BCUT2D eigenvalue weighted by atomic mass is 35.5. The molecule has 0 aliphatic carbocycles. The summed E-state index contributed by atoms with van der Waals surface area (Å²) in [6.07, 6.45) is 1.19. The van der Waals surface area contributed by atoms with E-state index in [0.29, 0.717) is 16.4 Å². The Morgan fingerprint density at radius 3 is 2.67 bits per heavy atom. The van der Waals surface area contributed by atoms with Gasteiger partial charge in [-0.3, -0.25) is 14.9 Å². The van der Waals surface area contributed by atoms with E-state index in [4.69, 9.17) is 16.3 Å². The second-order valence-corrected chi connectivity index (χ2v) is 5.78. The van der Waals surface area contributed by atoms with Crippen LogP contribution in [-0.2, 0) is 4.79 Å². The van der Waals surface area contributed by atoms with Gasteiger partial charge in [0.15, 0.2) is 0 Å². The van der Waals surface area contributed by atoms with E-state index in [9.17, 15) is 20.2 Å². The summed E-state index contributed by atoms with van der Waals surface area (Å²) in [7, 11) is 1.35. The van der Waals surface area contributed by atoms with E-state index in [-0.39, 0.29) is 17.0 Å². The molecule has 0 aromatic heterocycles. The highest BCUT2D eigenvalue weighted by Gasteiger charge is 2.13. The van der Waals surface area contributed by atoms with Crippen LogP contribution in [0.4, 0.5) is 17.1 Å². The summed E-state index contributed by atoms with van der Waals surface area (Å²) in [5, 5.41) is 25.9. The van der Waals surface area contributed by atoms with Gasteiger partial charge < -0.3 is 15.4 Å². The number of anilines is 2. The number of nitrogens with zero attached hydrogens (tertiary/aromatic N) is 2. The molecule has 8 nitrogen and oxygen atoms in total. The van der Waals surface area contributed by atoms with E-state index in [1.807, 2.05) is 6.92 Å². The zero-order valence-corrected chi connectivity index (χ0v) is 15.2. The first-order valence-electron chi connectivity index (χ1n) is 7.62. The summed E-state index contributed by atoms with van der Waals surface area (Å²) in [5.74, 6) is -0.436. The van der Waals surface area contributed by atoms with Crippen LogP contribution in [0.15, 0.2) is 48.2 Å². The summed E-state index contributed by atoms with van der Waals surface area (Å²) in [4.78, 5) is 22.5. The van der Waals surface area contributed by atoms with Crippen LogP contribution in [0.3, 0.4) is 0 Å². The minimum atomic E-state index is -0.634. The lowest BCUT2D eigenvalue weighted by Crippen LogP contribution is -2.14. The van der Waals surface area contributed by atoms with E-state index in [2.05, 4.69) is 10.6 Å². The highest BCUT2D eigenvalue weighted by molar-refractivity contribution is 6.31. The number of ether oxygens (including phenoxy) is 1. The molecular weight excluding hydrogens is 372 g/mol. The average Bonchev–Trinajstić information content (AvgIpc) is 2.65. The quantitative estimate of drug-likeness (QED) is 0.335. The van der Waals surface area contributed by atoms with Gasteiger partial charge in [0.05, 0.1) is 23.8 Å². The summed E-state index contributed by atoms with van der Waals surface area (Å²) in [5.41, 5.74) is 1.33. The number of amides is 1. The molecule has 0 atom stereocenters. The van der Waals surface area contributed by atoms with Crippen LogP contribution in [0.5, 0.6) is 5.75 Å². The van der Waals surface area contributed by atoms with E-state index >= 15 is 0 Å². The molecule has 2 aromatic carbocycles. The van der Waals surface area contributed by atoms with Crippen LogP contribution >= 0.6 is 11.6 Å². The summed E-state index contributed by atoms with van der Waals surface area (Å²) >= 11 is 6.02. The van der Waals surface area contributed by atoms with Crippen molar-refractivity contribution in [3.05, 3.63) is 68.9 Å². The number of nitro groups is 1. The van der Waals surface area contributed by atoms with Crippen molar-refractivity contribution < 1.29 is 14.5 Å². The van der Waals surface area contributed by atoms with Crippen molar-refractivity contribution in [2.24, 2.45) is 0 Å². The summed E-state index contributed by atoms with van der Waals surface area (Å²) in [6, 6.07) is 10.7. The summed E-state index contributed by atoms with van der Waals surface area (Å²) < 4.78 is 5.09. The maximum atomic E-state index is 12.3. The number of carbonyl (C=O) groups excluding carboxylic acids is 1. The molecule has 0 spiro atoms. The Labute approximate surface area is 160 Å². The van der Waals surface area contributed by atoms with Gasteiger partial charge in [-0.05, 0) is 30.7 Å². The third-order valence-electron chi connectivity index (χ3n) is 3.56. The molecule has 0 saturated heterocycles. The second-order valence-electron chi connectivity index (χ2n) is 5.37. The largest absolute Gasteiger partial charge is 0.494 e. The van der Waals surface area contributed by atoms with Crippen molar-refractivity contribution in [3.8, 4) is 11.8 Å². The van der Waals surface area contributed by atoms with Crippen LogP contribution in [0.25, 0.3) is 0 Å². The number of benzene rings is 2. The molecule has 0 unspecified atom stereocenters. The van der Waals surface area contributed by atoms with Crippen molar-refractivity contribution in [3.63, 3.8) is 0 Å². The topological polar surface area (TPSA) is 117 Å². The second kappa shape index (κ2) is 8.69. The number of hydrogen-bond donors (Lipinski definition) is 2. The Balaban J connectivity index is 2.18. The fourth-order valence-electron chi connectivity index (χ4n) is 2.08. The smallest absolute Gasteiger partial charge is 0.273 e. The first kappa shape index (κ1) is 19.8. The van der Waals surface area contributed by atoms with Gasteiger partial charge in [0.2, 0.25) is 0 Å². The fraction of sp³-hybridized carbons (Fsp3) is 0.111. The van der Waals surface area contributed by atoms with Crippen LogP contribution in [-0.4, -0.2) is 17.9 Å². The summed E-state index contributed by atoms with van der Waals surface area (Å²) in [6.45, 7) is 1.83. The maximum Gasteiger partial charge on any atom is 0.273 e. The van der Waals surface area contributed by atoms with Crippen molar-refractivity contribution >= 4 is 34.6 Å². The standard InChI is InChI=1S/C18H15ClN4O4/c1-11-3-4-13(7-15(11)19)22-18(24)12(9-20)10-21-16-6-5-14(23(25)26)8-17(16)27-2/h3-8,10,21H,1-2H3,(H,22,24)/b12-10-. The van der Waals surface area contributed by atoms with E-state index in [0.717, 1.165) is 5.56 Å². The van der Waals surface area contributed by atoms with Crippen molar-refractivity contribution in [1.29, 1.82) is 5.26 Å². The van der Waals surface area contributed by atoms with Gasteiger partial charge in [0, 0.05) is 23.0 Å². The minimum Gasteiger partial charge on any atom is -0.494 e. The van der Waals surface area contributed by atoms with E-state index in [1.165, 1.54) is 31.5 Å². The van der Waals surface area contributed by atoms with Gasteiger partial charge in [-0.1, -0.05) is 17.7 Å². The van der Waals surface area contributed by atoms with Gasteiger partial charge in [0.1, 0.15) is 17.4 Å². The number of non-ortho nitro benzene ring substituents is 1. The number of halogens is 1. The minimum absolute atomic E-state index is 0.143. The zero-order chi connectivity index (χ0) is 20.0. The first-order valence-corrected chi connectivity index (χ1v) is 8.00. The lowest BCUT2D eigenvalue weighted by atomic mass is 10.2. The molecule has 0 heterocycles. The van der Waals surface area contributed by atoms with E-state index < -0.39 is 10.8 Å². The van der Waals surface area contributed by atoms with Crippen LogP contribution in [0.2, 0.25) is 5.02 Å². The van der Waals surface area contributed by atoms with Gasteiger partial charge in [-0.25, -0.2) is 0 Å². The average molecular weight is 387 g/mol. The molecule has 0 saturated carbocycles. The molecule has 2 rings (SSSR count). The Kier molecular flexibility index (Phi) is 6.36. The first-order chi connectivity index (χ1) is 12.8. The Hall–Kier alpha value is -3.57. The Morgan fingerprint density at radius 2 is 2.07 bits per heavy atom. The lowest BCUT2D eigenvalue weighted by Gasteiger charge is -2.09. The molecule has 0 bridgehead atoms. The zero-order valence-electron chi connectivity index (χ0n) is 14.4. The maximum absolute atomic E-state index is 12.3. The fourth-order valence-corrected chi connectivity index (χ4v) is 2.26. The number of nitriles is 1. The SMILES string of the molecule is COc1cc([N+](=O)[O-])ccc1N/C=C(/C#N)C(=O)Nc1ccc(C)c(Cl)c1. The molecule has 9 heteroatoms. The van der Waals surface area contributed by atoms with Crippen LogP contribution in [0.1, 0.15) is 5.56 Å². The molecule has 0 aliphatic rings. The molecule has 0 fully saturated rings. The molecule has 2 aromatic rings. The third kappa shape index (κ3) is 4.96. The normalized spacial score (nSPS) is 10.7. The monoisotopic (exact) mass is 386 g/mol. The number of aryl methyl sites for hydroxylation is 1. The van der Waals surface area contributed by atoms with Crippen LogP contribution in [0, 0.1) is 28.4 Å².